The number of nitrogens with zero attached hydrogens (tertiary/aromatic N) is 4. The molecule has 1 aliphatic carbocycles. The van der Waals surface area contributed by atoms with Gasteiger partial charge in [-0.1, -0.05) is 43.2 Å². The number of ether oxygens (including phenoxy) is 1. The monoisotopic (exact) mass is 433 g/mol. The molecule has 4 rings (SSSR count). The molecule has 0 aliphatic heterocycles. The van der Waals surface area contributed by atoms with E-state index in [1.165, 1.54) is 49.5 Å². The minimum Gasteiger partial charge on any atom is -0.496 e. The Labute approximate surface area is 186 Å². The number of anilines is 1. The molecule has 1 aliphatic rings. The fourth-order valence-corrected chi connectivity index (χ4v) is 4.94. The molecule has 0 radical (unpaired) electrons. The van der Waals surface area contributed by atoms with Crippen LogP contribution >= 0.6 is 11.3 Å². The van der Waals surface area contributed by atoms with E-state index in [2.05, 4.69) is 45.7 Å². The van der Waals surface area contributed by atoms with Crippen LogP contribution in [0.3, 0.4) is 0 Å². The van der Waals surface area contributed by atoms with Crippen LogP contribution in [0.15, 0.2) is 42.4 Å². The van der Waals surface area contributed by atoms with E-state index in [0.717, 1.165) is 22.0 Å². The van der Waals surface area contributed by atoms with Crippen LogP contribution < -0.4 is 5.32 Å². The van der Waals surface area contributed by atoms with Gasteiger partial charge in [-0.2, -0.15) is 5.26 Å². The number of benzene rings is 1. The molecule has 1 aromatic carbocycles. The normalized spacial score (nSPS) is 15.1. The van der Waals surface area contributed by atoms with Crippen LogP contribution in [0.5, 0.6) is 0 Å². The summed E-state index contributed by atoms with van der Waals surface area (Å²) in [4.78, 5) is 9.24. The second-order valence-corrected chi connectivity index (χ2v) is 8.97. The summed E-state index contributed by atoms with van der Waals surface area (Å²) in [5.41, 5.74) is 4.33. The van der Waals surface area contributed by atoms with Gasteiger partial charge < -0.3 is 14.6 Å². The number of allylic oxidation sites excluding steroid dienone is 1. The number of nitriles is 1. The van der Waals surface area contributed by atoms with Crippen molar-refractivity contribution in [1.82, 2.24) is 14.5 Å². The number of fused-ring (bicyclic) bond motifs is 1. The molecule has 2 aromatic heterocycles. The Morgan fingerprint density at radius 1 is 1.39 bits per heavy atom. The highest BCUT2D eigenvalue weighted by Crippen LogP contribution is 2.30. The van der Waals surface area contributed by atoms with Gasteiger partial charge in [0.25, 0.3) is 0 Å². The predicted octanol–water partition coefficient (Wildman–Crippen LogP) is 5.66. The van der Waals surface area contributed by atoms with Gasteiger partial charge in [0, 0.05) is 18.3 Å². The van der Waals surface area contributed by atoms with Gasteiger partial charge in [0.2, 0.25) is 0 Å². The van der Waals surface area contributed by atoms with E-state index in [9.17, 15) is 5.26 Å². The SMILES string of the molecule is C=C(OC)/C(C#N)=C\c1ncn(Cc2ccc3nc(NC4CCCCC4)sc3c2)c1C. The third-order valence-corrected chi connectivity index (χ3v) is 6.77. The summed E-state index contributed by atoms with van der Waals surface area (Å²) in [5.74, 6) is 0.338. The molecule has 1 saturated carbocycles. The van der Waals surface area contributed by atoms with E-state index < -0.39 is 0 Å². The molecule has 2 heterocycles. The molecule has 0 spiro atoms. The van der Waals surface area contributed by atoms with Gasteiger partial charge in [-0.25, -0.2) is 9.97 Å². The predicted molar refractivity (Wildman–Crippen MR) is 126 cm³/mol. The molecule has 3 aromatic rings. The number of aromatic nitrogens is 3. The van der Waals surface area contributed by atoms with Gasteiger partial charge in [-0.3, -0.25) is 0 Å². The van der Waals surface area contributed by atoms with Crippen molar-refractivity contribution in [3.05, 3.63) is 59.4 Å². The van der Waals surface area contributed by atoms with E-state index in [-0.39, 0.29) is 0 Å². The average molecular weight is 434 g/mol. The van der Waals surface area contributed by atoms with Crippen molar-refractivity contribution in [1.29, 1.82) is 5.26 Å². The first-order chi connectivity index (χ1) is 15.1. The summed E-state index contributed by atoms with van der Waals surface area (Å²) >= 11 is 1.73. The largest absolute Gasteiger partial charge is 0.496 e. The first kappa shape index (κ1) is 21.1. The highest BCUT2D eigenvalue weighted by molar-refractivity contribution is 7.22. The molecule has 0 atom stereocenters. The molecule has 160 valence electrons. The Balaban J connectivity index is 1.51. The summed E-state index contributed by atoms with van der Waals surface area (Å²) in [6.07, 6.45) is 9.97. The molecule has 1 fully saturated rings. The number of imidazole rings is 1. The number of nitrogens with one attached hydrogen (secondary N) is 1. The number of hydrogen-bond donors (Lipinski definition) is 1. The summed E-state index contributed by atoms with van der Waals surface area (Å²) in [6.45, 7) is 6.46. The smallest absolute Gasteiger partial charge is 0.184 e. The maximum atomic E-state index is 9.32. The number of hydrogen-bond acceptors (Lipinski definition) is 6. The number of methoxy groups -OCH3 is 1. The van der Waals surface area contributed by atoms with Crippen molar-refractivity contribution in [3.8, 4) is 6.07 Å². The Morgan fingerprint density at radius 2 is 2.19 bits per heavy atom. The summed E-state index contributed by atoms with van der Waals surface area (Å²) in [5, 5.41) is 14.0. The average Bonchev–Trinajstić information content (AvgIpc) is 3.34. The summed E-state index contributed by atoms with van der Waals surface area (Å²) < 4.78 is 8.35. The van der Waals surface area contributed by atoms with Crippen LogP contribution in [0.4, 0.5) is 5.13 Å². The minimum absolute atomic E-state index is 0.338. The van der Waals surface area contributed by atoms with Gasteiger partial charge in [0.05, 0.1) is 34.9 Å². The van der Waals surface area contributed by atoms with Gasteiger partial charge in [-0.05, 0) is 43.5 Å². The standard InChI is InChI=1S/C24H27N5OS/c1-16-22(12-19(13-25)17(2)30-3)26-15-29(16)14-18-9-10-21-23(11-18)31-24(28-21)27-20-7-5-4-6-8-20/h9-12,15,20H,2,4-8,14H2,1,3H3,(H,27,28)/b19-12-. The van der Waals surface area contributed by atoms with E-state index in [1.54, 1.807) is 23.7 Å². The fourth-order valence-electron chi connectivity index (χ4n) is 3.93. The number of thiazole rings is 1. The van der Waals surface area contributed by atoms with Crippen LogP contribution in [0, 0.1) is 18.3 Å². The molecule has 1 N–H and O–H groups in total. The van der Waals surface area contributed by atoms with Gasteiger partial charge >= 0.3 is 0 Å². The molecule has 0 bridgehead atoms. The zero-order chi connectivity index (χ0) is 21.8. The van der Waals surface area contributed by atoms with E-state index in [0.29, 0.717) is 23.9 Å². The molecule has 7 heteroatoms. The van der Waals surface area contributed by atoms with Crippen molar-refractivity contribution < 1.29 is 4.74 Å². The third-order valence-electron chi connectivity index (χ3n) is 5.82. The lowest BCUT2D eigenvalue weighted by molar-refractivity contribution is 0.305. The van der Waals surface area contributed by atoms with Gasteiger partial charge in [0.1, 0.15) is 11.8 Å². The molecule has 0 amide bonds. The van der Waals surface area contributed by atoms with Crippen molar-refractivity contribution in [2.24, 2.45) is 0 Å². The van der Waals surface area contributed by atoms with Crippen LogP contribution in [-0.4, -0.2) is 27.7 Å². The second-order valence-electron chi connectivity index (χ2n) is 7.94. The van der Waals surface area contributed by atoms with Crippen LogP contribution in [0.1, 0.15) is 49.1 Å². The molecule has 0 saturated heterocycles. The lowest BCUT2D eigenvalue weighted by Crippen LogP contribution is -2.21. The zero-order valence-corrected chi connectivity index (χ0v) is 18.8. The third kappa shape index (κ3) is 4.80. The summed E-state index contributed by atoms with van der Waals surface area (Å²) in [7, 11) is 1.50. The zero-order valence-electron chi connectivity index (χ0n) is 18.0. The summed E-state index contributed by atoms with van der Waals surface area (Å²) in [6, 6.07) is 9.10. The molecular weight excluding hydrogens is 406 g/mol. The van der Waals surface area contributed by atoms with Crippen LogP contribution in [0.2, 0.25) is 0 Å². The molecule has 0 unspecified atom stereocenters. The van der Waals surface area contributed by atoms with Crippen molar-refractivity contribution >= 4 is 32.8 Å². The molecule has 31 heavy (non-hydrogen) atoms. The van der Waals surface area contributed by atoms with Gasteiger partial charge in [0.15, 0.2) is 5.13 Å². The van der Waals surface area contributed by atoms with E-state index in [4.69, 9.17) is 9.72 Å². The second kappa shape index (κ2) is 9.36. The van der Waals surface area contributed by atoms with Crippen LogP contribution in [-0.2, 0) is 11.3 Å². The fraction of sp³-hybridized carbons (Fsp3) is 0.375. The Morgan fingerprint density at radius 3 is 2.94 bits per heavy atom. The highest BCUT2D eigenvalue weighted by atomic mass is 32.1. The van der Waals surface area contributed by atoms with Crippen molar-refractivity contribution in [2.75, 3.05) is 12.4 Å². The lowest BCUT2D eigenvalue weighted by Gasteiger charge is -2.22. The minimum atomic E-state index is 0.338. The maximum absolute atomic E-state index is 9.32. The van der Waals surface area contributed by atoms with E-state index in [1.807, 2.05) is 6.92 Å². The maximum Gasteiger partial charge on any atom is 0.184 e. The molecule has 6 nitrogen and oxygen atoms in total. The van der Waals surface area contributed by atoms with Crippen LogP contribution in [0.25, 0.3) is 16.3 Å². The lowest BCUT2D eigenvalue weighted by atomic mass is 9.96. The Kier molecular flexibility index (Phi) is 6.38. The first-order valence-electron chi connectivity index (χ1n) is 10.6. The Bertz CT molecular complexity index is 1160. The Hall–Kier alpha value is -3.11. The highest BCUT2D eigenvalue weighted by Gasteiger charge is 2.15. The van der Waals surface area contributed by atoms with Crippen molar-refractivity contribution in [3.63, 3.8) is 0 Å². The van der Waals surface area contributed by atoms with Crippen molar-refractivity contribution in [2.45, 2.75) is 51.6 Å². The quantitative estimate of drug-likeness (QED) is 0.295. The first-order valence-corrected chi connectivity index (χ1v) is 11.4. The van der Waals surface area contributed by atoms with Gasteiger partial charge in [-0.15, -0.1) is 0 Å². The number of rotatable bonds is 7. The topological polar surface area (TPSA) is 75.8 Å². The van der Waals surface area contributed by atoms with E-state index >= 15 is 0 Å². The molecular formula is C24H27N5OS.